The number of halogens is 2. The van der Waals surface area contributed by atoms with Crippen LogP contribution in [0.3, 0.4) is 0 Å². The van der Waals surface area contributed by atoms with Crippen LogP contribution in [0.4, 0.5) is 17.1 Å². The Morgan fingerprint density at radius 2 is 1.66 bits per heavy atom. The number of methoxy groups -OCH3 is 1. The first kappa shape index (κ1) is 29.1. The Morgan fingerprint density at radius 1 is 0.951 bits per heavy atom. The summed E-state index contributed by atoms with van der Waals surface area (Å²) in [7, 11) is 1.29. The zero-order chi connectivity index (χ0) is 29.8. The van der Waals surface area contributed by atoms with Crippen LogP contribution in [0.15, 0.2) is 71.4 Å². The fourth-order valence-corrected chi connectivity index (χ4v) is 4.28. The average molecular weight is 598 g/mol. The summed E-state index contributed by atoms with van der Waals surface area (Å²) in [5, 5.41) is 14.3. The molecule has 1 aliphatic rings. The molecule has 41 heavy (non-hydrogen) atoms. The highest BCUT2D eigenvalue weighted by Gasteiger charge is 2.39. The molecule has 0 saturated carbocycles. The third-order valence-electron chi connectivity index (χ3n) is 5.83. The maximum Gasteiger partial charge on any atom is 0.339 e. The van der Waals surface area contributed by atoms with Gasteiger partial charge < -0.3 is 25.2 Å². The fraction of sp³-hybridized carbons (Fsp3) is 0.107. The van der Waals surface area contributed by atoms with Crippen molar-refractivity contribution in [1.82, 2.24) is 0 Å². The number of hydrogen-bond acceptors (Lipinski definition) is 8. The normalized spacial score (nSPS) is 12.8. The molecule has 4 rings (SSSR count). The molecular weight excluding hydrogens is 577 g/mol. The smallest absolute Gasteiger partial charge is 0.339 e. The molecular formula is C28H21Cl2N3O8. The number of anilines is 3. The minimum absolute atomic E-state index is 0.00169. The topological polar surface area (TPSA) is 151 Å². The van der Waals surface area contributed by atoms with Gasteiger partial charge >= 0.3 is 11.9 Å². The lowest BCUT2D eigenvalue weighted by Crippen LogP contribution is -2.32. The number of carboxylic acid groups (broad SMARTS) is 1. The van der Waals surface area contributed by atoms with Crippen molar-refractivity contribution in [3.63, 3.8) is 0 Å². The molecule has 0 bridgehead atoms. The molecule has 11 nitrogen and oxygen atoms in total. The van der Waals surface area contributed by atoms with Crippen molar-refractivity contribution in [2.75, 3.05) is 29.3 Å². The summed E-state index contributed by atoms with van der Waals surface area (Å²) in [6, 6.07) is 14.2. The highest BCUT2D eigenvalue weighted by molar-refractivity contribution is 6.53. The van der Waals surface area contributed by atoms with Crippen LogP contribution >= 0.6 is 23.2 Å². The number of ether oxygens (including phenoxy) is 2. The molecule has 0 spiro atoms. The van der Waals surface area contributed by atoms with Gasteiger partial charge in [-0.2, -0.15) is 0 Å². The van der Waals surface area contributed by atoms with Gasteiger partial charge in [0.2, 0.25) is 0 Å². The van der Waals surface area contributed by atoms with Gasteiger partial charge in [-0.1, -0.05) is 29.3 Å². The molecule has 0 fully saturated rings. The van der Waals surface area contributed by atoms with Gasteiger partial charge in [-0.25, -0.2) is 14.5 Å². The number of nitrogens with one attached hydrogen (secondary N) is 2. The molecule has 0 aliphatic carbocycles. The summed E-state index contributed by atoms with van der Waals surface area (Å²) in [6.07, 6.45) is 0. The summed E-state index contributed by atoms with van der Waals surface area (Å²) >= 11 is 12.3. The number of carbonyl (C=O) groups excluding carboxylic acids is 4. The number of esters is 1. The third kappa shape index (κ3) is 6.01. The summed E-state index contributed by atoms with van der Waals surface area (Å²) in [5.41, 5.74) is 0.646. The Labute approximate surface area is 243 Å². The number of aromatic carboxylic acids is 1. The highest BCUT2D eigenvalue weighted by atomic mass is 35.5. The summed E-state index contributed by atoms with van der Waals surface area (Å²) in [4.78, 5) is 63.0. The van der Waals surface area contributed by atoms with Crippen LogP contribution in [0, 0.1) is 0 Å². The number of rotatable bonds is 9. The second kappa shape index (κ2) is 12.1. The van der Waals surface area contributed by atoms with E-state index in [9.17, 15) is 29.1 Å². The number of amides is 3. The number of hydrogen-bond donors (Lipinski definition) is 3. The molecule has 0 radical (unpaired) electrons. The Morgan fingerprint density at radius 3 is 2.29 bits per heavy atom. The monoisotopic (exact) mass is 597 g/mol. The van der Waals surface area contributed by atoms with Gasteiger partial charge in [0.05, 0.1) is 35.7 Å². The lowest BCUT2D eigenvalue weighted by Gasteiger charge is -2.16. The number of benzene rings is 3. The van der Waals surface area contributed by atoms with Gasteiger partial charge in [0.1, 0.15) is 22.0 Å². The summed E-state index contributed by atoms with van der Waals surface area (Å²) in [5.74, 6) is -3.90. The van der Waals surface area contributed by atoms with E-state index in [0.29, 0.717) is 5.69 Å². The summed E-state index contributed by atoms with van der Waals surface area (Å²) < 4.78 is 10.0. The molecule has 0 unspecified atom stereocenters. The molecule has 210 valence electrons. The zero-order valence-corrected chi connectivity index (χ0v) is 23.0. The van der Waals surface area contributed by atoms with E-state index in [2.05, 4.69) is 10.6 Å². The van der Waals surface area contributed by atoms with Crippen LogP contribution in [0.5, 0.6) is 5.75 Å². The van der Waals surface area contributed by atoms with Crippen molar-refractivity contribution < 1.29 is 38.6 Å². The first-order valence-corrected chi connectivity index (χ1v) is 12.7. The molecule has 3 aromatic carbocycles. The van der Waals surface area contributed by atoms with Gasteiger partial charge in [0.15, 0.2) is 0 Å². The maximum absolute atomic E-state index is 13.1. The molecule has 0 aromatic heterocycles. The first-order chi connectivity index (χ1) is 19.5. The van der Waals surface area contributed by atoms with Crippen molar-refractivity contribution in [1.29, 1.82) is 0 Å². The van der Waals surface area contributed by atoms with E-state index in [1.165, 1.54) is 67.8 Å². The van der Waals surface area contributed by atoms with Gasteiger partial charge in [-0.05, 0) is 55.5 Å². The quantitative estimate of drug-likeness (QED) is 0.231. The maximum atomic E-state index is 13.1. The Balaban J connectivity index is 1.49. The Hall–Kier alpha value is -4.87. The van der Waals surface area contributed by atoms with Crippen LogP contribution in [0.2, 0.25) is 5.02 Å². The zero-order valence-electron chi connectivity index (χ0n) is 21.5. The van der Waals surface area contributed by atoms with Crippen LogP contribution in [-0.2, 0) is 14.3 Å². The average Bonchev–Trinajstić information content (AvgIpc) is 3.17. The molecule has 3 amide bonds. The van der Waals surface area contributed by atoms with Crippen LogP contribution in [-0.4, -0.2) is 48.5 Å². The lowest BCUT2D eigenvalue weighted by atomic mass is 10.1. The SMILES string of the molecule is CCOC(=O)c1cccc(N2C(=O)C(Cl)=C(Nc3ccc(C(=O)Nc4cc(OC)c(C(=O)O)cc4Cl)cc3)C2=O)c1. The van der Waals surface area contributed by atoms with Crippen molar-refractivity contribution >= 4 is 69.9 Å². The standard InChI is InChI=1S/C28H21Cl2N3O8/c1-3-41-28(39)15-5-4-6-17(11-15)33-25(35)22(30)23(26(33)36)31-16-9-7-14(8-10-16)24(34)32-20-13-21(40-2)18(27(37)38)12-19(20)29/h4-13,31H,3H2,1-2H3,(H,32,34)(H,37,38). The number of nitrogens with zero attached hydrogens (tertiary/aromatic N) is 1. The van der Waals surface area contributed by atoms with E-state index < -0.39 is 29.7 Å². The van der Waals surface area contributed by atoms with E-state index in [4.69, 9.17) is 32.7 Å². The largest absolute Gasteiger partial charge is 0.496 e. The molecule has 1 heterocycles. The van der Waals surface area contributed by atoms with Crippen molar-refractivity contribution in [2.24, 2.45) is 0 Å². The summed E-state index contributed by atoms with van der Waals surface area (Å²) in [6.45, 7) is 1.82. The van der Waals surface area contributed by atoms with E-state index in [1.807, 2.05) is 0 Å². The van der Waals surface area contributed by atoms with Gasteiger partial charge in [0.25, 0.3) is 17.7 Å². The molecule has 0 atom stereocenters. The third-order valence-corrected chi connectivity index (χ3v) is 6.49. The van der Waals surface area contributed by atoms with Gasteiger partial charge in [0, 0.05) is 17.3 Å². The second-order valence-corrected chi connectivity index (χ2v) is 9.18. The van der Waals surface area contributed by atoms with E-state index in [0.717, 1.165) is 4.90 Å². The molecule has 3 aromatic rings. The van der Waals surface area contributed by atoms with Crippen molar-refractivity contribution in [3.05, 3.63) is 93.1 Å². The Bertz CT molecular complexity index is 1620. The lowest BCUT2D eigenvalue weighted by molar-refractivity contribution is -0.120. The van der Waals surface area contributed by atoms with Gasteiger partial charge in [-0.15, -0.1) is 0 Å². The van der Waals surface area contributed by atoms with E-state index in [-0.39, 0.29) is 56.2 Å². The second-order valence-electron chi connectivity index (χ2n) is 8.40. The number of imide groups is 1. The van der Waals surface area contributed by atoms with Crippen molar-refractivity contribution in [2.45, 2.75) is 6.92 Å². The molecule has 13 heteroatoms. The van der Waals surface area contributed by atoms with Gasteiger partial charge in [-0.3, -0.25) is 14.4 Å². The van der Waals surface area contributed by atoms with Crippen molar-refractivity contribution in [3.8, 4) is 5.75 Å². The Kier molecular flexibility index (Phi) is 8.60. The predicted molar refractivity (Wildman–Crippen MR) is 151 cm³/mol. The number of carboxylic acids is 1. The highest BCUT2D eigenvalue weighted by Crippen LogP contribution is 2.32. The predicted octanol–water partition coefficient (Wildman–Crippen LogP) is 4.91. The first-order valence-electron chi connectivity index (χ1n) is 11.9. The van der Waals surface area contributed by atoms with E-state index >= 15 is 0 Å². The number of carbonyl (C=O) groups is 5. The fourth-order valence-electron chi connectivity index (χ4n) is 3.86. The van der Waals surface area contributed by atoms with Crippen LogP contribution in [0.25, 0.3) is 0 Å². The minimum atomic E-state index is -1.24. The van der Waals surface area contributed by atoms with Crippen LogP contribution in [0.1, 0.15) is 38.0 Å². The molecule has 0 saturated heterocycles. The minimum Gasteiger partial charge on any atom is -0.496 e. The van der Waals surface area contributed by atoms with E-state index in [1.54, 1.807) is 6.92 Å². The molecule has 3 N–H and O–H groups in total. The van der Waals surface area contributed by atoms with Crippen LogP contribution < -0.4 is 20.3 Å². The molecule has 1 aliphatic heterocycles.